The molecule has 2 aromatic rings. The molecule has 0 radical (unpaired) electrons. The Morgan fingerprint density at radius 1 is 1.27 bits per heavy atom. The predicted octanol–water partition coefficient (Wildman–Crippen LogP) is 2.51. The van der Waals surface area contributed by atoms with Crippen LogP contribution in [0.3, 0.4) is 0 Å². The van der Waals surface area contributed by atoms with Gasteiger partial charge in [0.1, 0.15) is 0 Å². The minimum Gasteiger partial charge on any atom is -0.379 e. The molecule has 0 saturated heterocycles. The summed E-state index contributed by atoms with van der Waals surface area (Å²) in [7, 11) is 0. The molecule has 0 fully saturated rings. The smallest absolute Gasteiger partial charge is 0.379 e. The number of benzene rings is 1. The van der Waals surface area contributed by atoms with E-state index in [1.807, 2.05) is 0 Å². The molecule has 7 nitrogen and oxygen atoms in total. The van der Waals surface area contributed by atoms with Crippen LogP contribution in [-0.4, -0.2) is 27.8 Å². The van der Waals surface area contributed by atoms with E-state index in [-0.39, 0.29) is 17.8 Å². The van der Waals surface area contributed by atoms with Crippen molar-refractivity contribution in [1.82, 2.24) is 20.7 Å². The van der Waals surface area contributed by atoms with E-state index in [9.17, 15) is 18.0 Å². The van der Waals surface area contributed by atoms with Crippen molar-refractivity contribution in [3.63, 3.8) is 0 Å². The average molecular weight is 364 g/mol. The first kappa shape index (κ1) is 17.6. The Hall–Kier alpha value is -3.17. The van der Waals surface area contributed by atoms with Gasteiger partial charge in [0.25, 0.3) is 0 Å². The number of carbonyl (C=O) groups is 1. The summed E-state index contributed by atoms with van der Waals surface area (Å²) in [5.74, 6) is 0. The number of halogens is 3. The summed E-state index contributed by atoms with van der Waals surface area (Å²) in [5.41, 5.74) is 2.40. The van der Waals surface area contributed by atoms with Gasteiger partial charge in [-0.2, -0.15) is 18.3 Å². The van der Waals surface area contributed by atoms with Crippen molar-refractivity contribution in [1.29, 1.82) is 0 Å². The third kappa shape index (κ3) is 3.90. The predicted molar refractivity (Wildman–Crippen MR) is 88.5 cm³/mol. The van der Waals surface area contributed by atoms with Gasteiger partial charge in [-0.25, -0.2) is 10.2 Å². The minimum atomic E-state index is -4.56. The van der Waals surface area contributed by atoms with E-state index in [0.717, 1.165) is 6.07 Å². The number of anilines is 1. The van der Waals surface area contributed by atoms with Gasteiger partial charge in [-0.15, -0.1) is 0 Å². The summed E-state index contributed by atoms with van der Waals surface area (Å²) in [6.07, 6.45) is -0.135. The molecule has 3 rings (SSSR count). The highest BCUT2D eigenvalue weighted by atomic mass is 19.4. The summed E-state index contributed by atoms with van der Waals surface area (Å²) in [5, 5.41) is 9.15. The third-order valence-corrected chi connectivity index (χ3v) is 3.73. The second-order valence-electron chi connectivity index (χ2n) is 5.61. The highest BCUT2D eigenvalue weighted by molar-refractivity contribution is 6.07. The monoisotopic (exact) mass is 364 g/mol. The summed E-state index contributed by atoms with van der Waals surface area (Å²) >= 11 is 0. The molecule has 1 atom stereocenters. The Kier molecular flexibility index (Phi) is 4.74. The van der Waals surface area contributed by atoms with Crippen molar-refractivity contribution in [2.45, 2.75) is 25.7 Å². The molecule has 136 valence electrons. The molecular weight excluding hydrogens is 349 g/mol. The maximum atomic E-state index is 13.5. The number of aromatic nitrogens is 2. The molecule has 1 aromatic heterocycles. The molecule has 3 N–H and O–H groups in total. The van der Waals surface area contributed by atoms with Crippen LogP contribution in [-0.2, 0) is 12.7 Å². The molecule has 0 saturated carbocycles. The summed E-state index contributed by atoms with van der Waals surface area (Å²) < 4.78 is 40.5. The van der Waals surface area contributed by atoms with Crippen LogP contribution in [0.1, 0.15) is 23.7 Å². The number of hydrogen-bond acceptors (Lipinski definition) is 5. The fourth-order valence-corrected chi connectivity index (χ4v) is 2.52. The summed E-state index contributed by atoms with van der Waals surface area (Å²) in [6.45, 7) is 1.75. The first-order valence-corrected chi connectivity index (χ1v) is 7.69. The number of hydrazone groups is 1. The molecule has 0 unspecified atom stereocenters. The van der Waals surface area contributed by atoms with Gasteiger partial charge in [0, 0.05) is 23.6 Å². The van der Waals surface area contributed by atoms with E-state index in [0.29, 0.717) is 11.4 Å². The number of rotatable bonds is 4. The first-order valence-electron chi connectivity index (χ1n) is 7.69. The maximum absolute atomic E-state index is 13.5. The van der Waals surface area contributed by atoms with Gasteiger partial charge in [-0.1, -0.05) is 6.07 Å². The molecule has 10 heteroatoms. The van der Waals surface area contributed by atoms with Crippen LogP contribution < -0.4 is 16.1 Å². The SMILES string of the molecule is C[C@@H]1NC(=O)NN=C1c1ccc(NCc2cnccn2)c(C(F)(F)F)c1. The van der Waals surface area contributed by atoms with Crippen molar-refractivity contribution < 1.29 is 18.0 Å². The van der Waals surface area contributed by atoms with E-state index in [4.69, 9.17) is 0 Å². The summed E-state index contributed by atoms with van der Waals surface area (Å²) in [4.78, 5) is 19.1. The Morgan fingerprint density at radius 3 is 2.73 bits per heavy atom. The van der Waals surface area contributed by atoms with E-state index >= 15 is 0 Å². The van der Waals surface area contributed by atoms with Gasteiger partial charge in [-0.3, -0.25) is 9.97 Å². The molecule has 2 heterocycles. The Bertz CT molecular complexity index is 838. The zero-order valence-electron chi connectivity index (χ0n) is 13.6. The number of nitrogens with zero attached hydrogens (tertiary/aromatic N) is 3. The maximum Gasteiger partial charge on any atom is 0.418 e. The number of nitrogens with one attached hydrogen (secondary N) is 3. The molecule has 0 spiro atoms. The molecule has 26 heavy (non-hydrogen) atoms. The fourth-order valence-electron chi connectivity index (χ4n) is 2.52. The van der Waals surface area contributed by atoms with E-state index in [1.165, 1.54) is 30.7 Å². The minimum absolute atomic E-state index is 0.0760. The second kappa shape index (κ2) is 6.98. The Labute approximate surface area is 146 Å². The first-order chi connectivity index (χ1) is 12.3. The zero-order valence-corrected chi connectivity index (χ0v) is 13.6. The third-order valence-electron chi connectivity index (χ3n) is 3.73. The van der Waals surface area contributed by atoms with Crippen LogP contribution in [0.5, 0.6) is 0 Å². The molecular formula is C16H15F3N6O. The second-order valence-corrected chi connectivity index (χ2v) is 5.61. The Balaban J connectivity index is 1.90. The van der Waals surface area contributed by atoms with Gasteiger partial charge in [0.05, 0.1) is 35.8 Å². The van der Waals surface area contributed by atoms with Crippen LogP contribution in [0.15, 0.2) is 41.9 Å². The lowest BCUT2D eigenvalue weighted by atomic mass is 10.00. The standard InChI is InChI=1S/C16H15F3N6O/c1-9-14(24-25-15(26)23-9)10-2-3-13(12(6-10)16(17,18)19)22-8-11-7-20-4-5-21-11/h2-7,9,22H,8H2,1H3,(H2,23,25,26)/t9-/m0/s1. The molecule has 1 aliphatic heterocycles. The van der Waals surface area contributed by atoms with Crippen molar-refractivity contribution in [3.05, 3.63) is 53.6 Å². The zero-order chi connectivity index (χ0) is 18.7. The van der Waals surface area contributed by atoms with Crippen molar-refractivity contribution in [2.24, 2.45) is 5.10 Å². The highest BCUT2D eigenvalue weighted by Gasteiger charge is 2.34. The molecule has 0 bridgehead atoms. The summed E-state index contributed by atoms with van der Waals surface area (Å²) in [6, 6.07) is 2.85. The van der Waals surface area contributed by atoms with E-state index in [1.54, 1.807) is 6.92 Å². The van der Waals surface area contributed by atoms with E-state index < -0.39 is 23.8 Å². The molecule has 1 aromatic carbocycles. The molecule has 0 aliphatic carbocycles. The number of alkyl halides is 3. The average Bonchev–Trinajstić information content (AvgIpc) is 2.60. The van der Waals surface area contributed by atoms with Crippen molar-refractivity contribution >= 4 is 17.4 Å². The molecule has 2 amide bonds. The van der Waals surface area contributed by atoms with Gasteiger partial charge < -0.3 is 10.6 Å². The van der Waals surface area contributed by atoms with E-state index in [2.05, 4.69) is 31.1 Å². The molecule has 1 aliphatic rings. The quantitative estimate of drug-likeness (QED) is 0.777. The topological polar surface area (TPSA) is 91.3 Å². The normalized spacial score (nSPS) is 17.2. The number of amides is 2. The lowest BCUT2D eigenvalue weighted by Gasteiger charge is -2.22. The van der Waals surface area contributed by atoms with Crippen LogP contribution in [0.25, 0.3) is 0 Å². The van der Waals surface area contributed by atoms with Gasteiger partial charge in [0.2, 0.25) is 0 Å². The van der Waals surface area contributed by atoms with Crippen LogP contribution in [0.4, 0.5) is 23.7 Å². The van der Waals surface area contributed by atoms with Gasteiger partial charge in [-0.05, 0) is 19.1 Å². The largest absolute Gasteiger partial charge is 0.418 e. The number of urea groups is 1. The highest BCUT2D eigenvalue weighted by Crippen LogP contribution is 2.36. The number of hydrogen-bond donors (Lipinski definition) is 3. The van der Waals surface area contributed by atoms with Crippen LogP contribution in [0, 0.1) is 0 Å². The lowest BCUT2D eigenvalue weighted by Crippen LogP contribution is -2.48. The van der Waals surface area contributed by atoms with Crippen LogP contribution >= 0.6 is 0 Å². The lowest BCUT2D eigenvalue weighted by molar-refractivity contribution is -0.137. The Morgan fingerprint density at radius 2 is 2.08 bits per heavy atom. The van der Waals surface area contributed by atoms with Crippen molar-refractivity contribution in [3.8, 4) is 0 Å². The number of carbonyl (C=O) groups excluding carboxylic acids is 1. The van der Waals surface area contributed by atoms with Gasteiger partial charge >= 0.3 is 12.2 Å². The fraction of sp³-hybridized carbons (Fsp3) is 0.250. The van der Waals surface area contributed by atoms with Gasteiger partial charge in [0.15, 0.2) is 0 Å². The van der Waals surface area contributed by atoms with Crippen molar-refractivity contribution in [2.75, 3.05) is 5.32 Å². The van der Waals surface area contributed by atoms with Crippen LogP contribution in [0.2, 0.25) is 0 Å².